The third-order valence-electron chi connectivity index (χ3n) is 0. The molecule has 0 atom stereocenters. The molecule has 3 nitrogen and oxygen atoms in total. The second-order valence-electron chi connectivity index (χ2n) is 6.51. The van der Waals surface area contributed by atoms with Crippen molar-refractivity contribution in [3.05, 3.63) is 0 Å². The van der Waals surface area contributed by atoms with Gasteiger partial charge in [-0.25, -0.2) is 0 Å². The molecule has 0 rings (SSSR count). The Kier molecular flexibility index (Phi) is 21.2. The first kappa shape index (κ1) is 30.6. The van der Waals surface area contributed by atoms with Gasteiger partial charge in [-0.2, -0.15) is 0 Å². The molecular weight excluding hydrogens is 280 g/mol. The standard InChI is InChI=1S/3C4H10O.ClH.Cr/c3*1-4(2,3)5;;/h3*5H,1-3H3;1H;. The Balaban J connectivity index is -0.0000000400. The molecule has 110 valence electrons. The van der Waals surface area contributed by atoms with E-state index in [2.05, 4.69) is 0 Å². The second-order valence-corrected chi connectivity index (χ2v) is 6.51. The zero-order valence-corrected chi connectivity index (χ0v) is 14.7. The molecule has 17 heavy (non-hydrogen) atoms. The van der Waals surface area contributed by atoms with Gasteiger partial charge in [0.25, 0.3) is 0 Å². The summed E-state index contributed by atoms with van der Waals surface area (Å²) >= 11 is 0. The van der Waals surface area contributed by atoms with Gasteiger partial charge in [0.1, 0.15) is 0 Å². The van der Waals surface area contributed by atoms with Crippen LogP contribution < -0.4 is 0 Å². The summed E-state index contributed by atoms with van der Waals surface area (Å²) in [5.41, 5.74) is -1.50. The molecule has 5 heteroatoms. The van der Waals surface area contributed by atoms with Crippen LogP contribution in [0.5, 0.6) is 0 Å². The molecule has 0 bridgehead atoms. The molecule has 0 spiro atoms. The SMILES string of the molecule is CC(C)(C)O.CC(C)(C)O.CC(C)(C)O.Cl.[Cr]. The number of halogens is 1. The van der Waals surface area contributed by atoms with Gasteiger partial charge in [-0.05, 0) is 62.3 Å². The predicted molar refractivity (Wildman–Crippen MR) is 73.2 cm³/mol. The molecule has 0 aliphatic heterocycles. The van der Waals surface area contributed by atoms with Gasteiger partial charge in [0.15, 0.2) is 0 Å². The molecule has 0 heterocycles. The summed E-state index contributed by atoms with van der Waals surface area (Å²) in [4.78, 5) is 0. The molecule has 0 saturated carbocycles. The van der Waals surface area contributed by atoms with E-state index in [9.17, 15) is 0 Å². The first-order valence-corrected chi connectivity index (χ1v) is 5.17. The van der Waals surface area contributed by atoms with Gasteiger partial charge in [-0.1, -0.05) is 0 Å². The molecule has 0 aromatic carbocycles. The molecule has 0 radical (unpaired) electrons. The minimum Gasteiger partial charge on any atom is -0.391 e. The van der Waals surface area contributed by atoms with Crippen LogP contribution in [0.3, 0.4) is 0 Å². The fourth-order valence-electron chi connectivity index (χ4n) is 0. The second kappa shape index (κ2) is 11.8. The molecule has 0 aromatic rings. The van der Waals surface area contributed by atoms with Crippen LogP contribution in [0.25, 0.3) is 0 Å². The van der Waals surface area contributed by atoms with Crippen LogP contribution in [-0.4, -0.2) is 32.1 Å². The van der Waals surface area contributed by atoms with Crippen molar-refractivity contribution in [3.8, 4) is 0 Å². The van der Waals surface area contributed by atoms with Gasteiger partial charge in [0.2, 0.25) is 0 Å². The van der Waals surface area contributed by atoms with E-state index in [1.54, 1.807) is 62.3 Å². The Morgan fingerprint density at radius 1 is 0.471 bits per heavy atom. The molecule has 0 fully saturated rings. The smallest absolute Gasteiger partial charge is 0.0563 e. The molecule has 0 amide bonds. The third kappa shape index (κ3) is 7320. The first-order valence-electron chi connectivity index (χ1n) is 5.17. The van der Waals surface area contributed by atoms with E-state index in [4.69, 9.17) is 15.3 Å². The van der Waals surface area contributed by atoms with Crippen LogP contribution in [-0.2, 0) is 17.4 Å². The van der Waals surface area contributed by atoms with Gasteiger partial charge < -0.3 is 15.3 Å². The number of hydrogen-bond donors (Lipinski definition) is 3. The molecule has 0 aliphatic carbocycles. The van der Waals surface area contributed by atoms with Crippen LogP contribution in [0.2, 0.25) is 0 Å². The predicted octanol–water partition coefficient (Wildman–Crippen LogP) is 2.75. The first-order chi connectivity index (χ1) is 6.00. The third-order valence-corrected chi connectivity index (χ3v) is 0. The Morgan fingerprint density at radius 2 is 0.471 bits per heavy atom. The van der Waals surface area contributed by atoms with Gasteiger partial charge in [0, 0.05) is 17.4 Å². The topological polar surface area (TPSA) is 60.7 Å². The average molecular weight is 311 g/mol. The van der Waals surface area contributed by atoms with Crippen LogP contribution in [0.1, 0.15) is 62.3 Å². The van der Waals surface area contributed by atoms with E-state index >= 15 is 0 Å². The van der Waals surface area contributed by atoms with E-state index in [-0.39, 0.29) is 29.8 Å². The van der Waals surface area contributed by atoms with Crippen molar-refractivity contribution in [2.75, 3.05) is 0 Å². The van der Waals surface area contributed by atoms with Crippen LogP contribution in [0.4, 0.5) is 0 Å². The zero-order chi connectivity index (χ0) is 13.5. The summed E-state index contributed by atoms with van der Waals surface area (Å²) in [6.07, 6.45) is 0. The summed E-state index contributed by atoms with van der Waals surface area (Å²) in [5.74, 6) is 0. The maximum absolute atomic E-state index is 8.52. The molecule has 0 saturated heterocycles. The number of hydrogen-bond acceptors (Lipinski definition) is 3. The van der Waals surface area contributed by atoms with Crippen molar-refractivity contribution in [2.24, 2.45) is 0 Å². The average Bonchev–Trinajstić information content (AvgIpc) is 1.41. The van der Waals surface area contributed by atoms with Crippen molar-refractivity contribution in [2.45, 2.75) is 79.1 Å². The largest absolute Gasteiger partial charge is 0.391 e. The normalized spacial score (nSPS) is 10.6. The summed E-state index contributed by atoms with van der Waals surface area (Å²) < 4.78 is 0. The van der Waals surface area contributed by atoms with Crippen LogP contribution in [0.15, 0.2) is 0 Å². The van der Waals surface area contributed by atoms with Gasteiger partial charge in [-0.15, -0.1) is 12.4 Å². The summed E-state index contributed by atoms with van der Waals surface area (Å²) in [6, 6.07) is 0. The van der Waals surface area contributed by atoms with Crippen molar-refractivity contribution in [1.82, 2.24) is 0 Å². The molecule has 3 N–H and O–H groups in total. The summed E-state index contributed by atoms with van der Waals surface area (Å²) in [7, 11) is 0. The van der Waals surface area contributed by atoms with Crippen molar-refractivity contribution >= 4 is 12.4 Å². The Bertz CT molecular complexity index is 96.8. The minimum atomic E-state index is -0.500. The number of rotatable bonds is 0. The minimum absolute atomic E-state index is 0. The zero-order valence-electron chi connectivity index (χ0n) is 12.7. The fourth-order valence-corrected chi connectivity index (χ4v) is 0. The monoisotopic (exact) mass is 310 g/mol. The Morgan fingerprint density at radius 3 is 0.471 bits per heavy atom. The van der Waals surface area contributed by atoms with E-state index in [1.165, 1.54) is 0 Å². The summed E-state index contributed by atoms with van der Waals surface area (Å²) in [5, 5.41) is 25.6. The quantitative estimate of drug-likeness (QED) is 0.645. The van der Waals surface area contributed by atoms with Gasteiger partial charge >= 0.3 is 0 Å². The van der Waals surface area contributed by atoms with E-state index in [1.807, 2.05) is 0 Å². The van der Waals surface area contributed by atoms with E-state index in [0.717, 1.165) is 0 Å². The molecule has 0 aliphatic rings. The van der Waals surface area contributed by atoms with Gasteiger partial charge in [-0.3, -0.25) is 0 Å². The van der Waals surface area contributed by atoms with Crippen LogP contribution >= 0.6 is 12.4 Å². The molecular formula is C12H31ClCrO3. The summed E-state index contributed by atoms with van der Waals surface area (Å²) in [6.45, 7) is 15.7. The fraction of sp³-hybridized carbons (Fsp3) is 1.00. The van der Waals surface area contributed by atoms with Gasteiger partial charge in [0.05, 0.1) is 16.8 Å². The number of aliphatic hydroxyl groups is 3. The van der Waals surface area contributed by atoms with E-state index < -0.39 is 16.8 Å². The maximum atomic E-state index is 8.52. The van der Waals surface area contributed by atoms with Crippen molar-refractivity contribution in [1.29, 1.82) is 0 Å². The Hall–Kier alpha value is 0.702. The van der Waals surface area contributed by atoms with Crippen molar-refractivity contribution in [3.63, 3.8) is 0 Å². The maximum Gasteiger partial charge on any atom is 0.0563 e. The molecule has 0 aromatic heterocycles. The van der Waals surface area contributed by atoms with Crippen LogP contribution in [0, 0.1) is 0 Å². The Labute approximate surface area is 124 Å². The van der Waals surface area contributed by atoms with Crippen molar-refractivity contribution < 1.29 is 32.7 Å². The molecule has 0 unspecified atom stereocenters. The van der Waals surface area contributed by atoms with E-state index in [0.29, 0.717) is 0 Å².